The Kier molecular flexibility index (Phi) is 3.79. The Labute approximate surface area is 111 Å². The molecule has 2 aromatic rings. The first-order valence-corrected chi connectivity index (χ1v) is 6.05. The first-order chi connectivity index (χ1) is 9.10. The van der Waals surface area contributed by atoms with Crippen LogP contribution in [0.25, 0.3) is 0 Å². The minimum atomic E-state index is -0.278. The molecule has 2 aromatic heterocycles. The summed E-state index contributed by atoms with van der Waals surface area (Å²) in [4.78, 5) is 16.3. The zero-order valence-electron chi connectivity index (χ0n) is 11.2. The van der Waals surface area contributed by atoms with E-state index in [0.717, 1.165) is 17.9 Å². The topological polar surface area (TPSA) is 80.0 Å². The zero-order chi connectivity index (χ0) is 13.8. The smallest absolute Gasteiger partial charge is 0.261 e. The van der Waals surface area contributed by atoms with Gasteiger partial charge in [-0.3, -0.25) is 15.1 Å². The molecule has 0 aromatic carbocycles. The van der Waals surface area contributed by atoms with E-state index >= 15 is 0 Å². The molecule has 0 aliphatic heterocycles. The van der Waals surface area contributed by atoms with Gasteiger partial charge in [-0.25, -0.2) is 0 Å². The normalized spacial score (nSPS) is 10.3. The summed E-state index contributed by atoms with van der Waals surface area (Å²) in [7, 11) is 0. The minimum Gasteiger partial charge on any atom is -0.385 e. The number of carbonyl (C=O) groups is 1. The van der Waals surface area contributed by atoms with Crippen LogP contribution in [0.15, 0.2) is 22.9 Å². The SMILES string of the molecule is CCNc1cc(C)ncc1C(=O)Nc1cc(C)no1. The fraction of sp³-hybridized carbons (Fsp3) is 0.308. The average molecular weight is 260 g/mol. The zero-order valence-corrected chi connectivity index (χ0v) is 11.2. The first-order valence-electron chi connectivity index (χ1n) is 6.05. The van der Waals surface area contributed by atoms with E-state index in [-0.39, 0.29) is 5.91 Å². The number of anilines is 2. The molecule has 0 aliphatic carbocycles. The number of aryl methyl sites for hydroxylation is 2. The van der Waals surface area contributed by atoms with E-state index in [1.165, 1.54) is 0 Å². The quantitative estimate of drug-likeness (QED) is 0.882. The van der Waals surface area contributed by atoms with Crippen LogP contribution in [-0.2, 0) is 0 Å². The third-order valence-electron chi connectivity index (χ3n) is 2.52. The van der Waals surface area contributed by atoms with Crippen molar-refractivity contribution in [3.63, 3.8) is 0 Å². The van der Waals surface area contributed by atoms with Gasteiger partial charge in [-0.05, 0) is 26.8 Å². The predicted molar refractivity (Wildman–Crippen MR) is 72.3 cm³/mol. The highest BCUT2D eigenvalue weighted by Gasteiger charge is 2.14. The molecule has 0 saturated heterocycles. The second-order valence-corrected chi connectivity index (χ2v) is 4.19. The van der Waals surface area contributed by atoms with Gasteiger partial charge in [-0.15, -0.1) is 0 Å². The molecule has 1 amide bonds. The molecule has 0 unspecified atom stereocenters. The number of carbonyl (C=O) groups excluding carboxylic acids is 1. The molecule has 6 nitrogen and oxygen atoms in total. The summed E-state index contributed by atoms with van der Waals surface area (Å²) in [5, 5.41) is 9.51. The molecule has 0 fully saturated rings. The van der Waals surface area contributed by atoms with E-state index in [9.17, 15) is 4.79 Å². The number of pyridine rings is 1. The number of nitrogens with zero attached hydrogens (tertiary/aromatic N) is 2. The molecule has 0 radical (unpaired) electrons. The van der Waals surface area contributed by atoms with Gasteiger partial charge in [0.05, 0.1) is 16.9 Å². The number of rotatable bonds is 4. The Morgan fingerprint density at radius 1 is 1.32 bits per heavy atom. The lowest BCUT2D eigenvalue weighted by molar-refractivity contribution is 0.102. The molecule has 0 bridgehead atoms. The van der Waals surface area contributed by atoms with E-state index in [1.54, 1.807) is 19.2 Å². The molecular formula is C13H16N4O2. The third kappa shape index (κ3) is 3.09. The van der Waals surface area contributed by atoms with Crippen molar-refractivity contribution < 1.29 is 9.32 Å². The molecule has 0 saturated carbocycles. The van der Waals surface area contributed by atoms with Crippen LogP contribution in [0.3, 0.4) is 0 Å². The molecule has 100 valence electrons. The third-order valence-corrected chi connectivity index (χ3v) is 2.52. The largest absolute Gasteiger partial charge is 0.385 e. The summed E-state index contributed by atoms with van der Waals surface area (Å²) < 4.78 is 4.96. The summed E-state index contributed by atoms with van der Waals surface area (Å²) in [6, 6.07) is 3.50. The van der Waals surface area contributed by atoms with Crippen molar-refractivity contribution in [2.75, 3.05) is 17.2 Å². The Morgan fingerprint density at radius 2 is 2.11 bits per heavy atom. The monoisotopic (exact) mass is 260 g/mol. The molecule has 2 rings (SSSR count). The van der Waals surface area contributed by atoms with Gasteiger partial charge in [-0.2, -0.15) is 0 Å². The van der Waals surface area contributed by atoms with Crippen LogP contribution in [0.5, 0.6) is 0 Å². The summed E-state index contributed by atoms with van der Waals surface area (Å²) in [5.41, 5.74) is 2.79. The molecule has 0 aliphatic rings. The lowest BCUT2D eigenvalue weighted by Crippen LogP contribution is -2.15. The van der Waals surface area contributed by atoms with E-state index < -0.39 is 0 Å². The number of nitrogens with one attached hydrogen (secondary N) is 2. The van der Waals surface area contributed by atoms with Gasteiger partial charge in [0.2, 0.25) is 5.88 Å². The molecular weight excluding hydrogens is 244 g/mol. The van der Waals surface area contributed by atoms with Gasteiger partial charge < -0.3 is 9.84 Å². The van der Waals surface area contributed by atoms with Crippen molar-refractivity contribution in [3.05, 3.63) is 35.3 Å². The first kappa shape index (κ1) is 13.1. The molecule has 2 N–H and O–H groups in total. The summed E-state index contributed by atoms with van der Waals surface area (Å²) in [6.07, 6.45) is 1.55. The summed E-state index contributed by atoms with van der Waals surface area (Å²) in [6.45, 7) is 6.36. The Morgan fingerprint density at radius 3 is 2.74 bits per heavy atom. The van der Waals surface area contributed by atoms with Gasteiger partial charge in [0.1, 0.15) is 0 Å². The van der Waals surface area contributed by atoms with Gasteiger partial charge in [0, 0.05) is 24.5 Å². The number of amides is 1. The Bertz CT molecular complexity index is 592. The van der Waals surface area contributed by atoms with Crippen molar-refractivity contribution in [2.45, 2.75) is 20.8 Å². The van der Waals surface area contributed by atoms with Crippen LogP contribution < -0.4 is 10.6 Å². The number of hydrogen-bond acceptors (Lipinski definition) is 5. The van der Waals surface area contributed by atoms with Crippen LogP contribution in [0.2, 0.25) is 0 Å². The van der Waals surface area contributed by atoms with Crippen molar-refractivity contribution in [3.8, 4) is 0 Å². The van der Waals surface area contributed by atoms with Crippen LogP contribution in [0.1, 0.15) is 28.7 Å². The summed E-state index contributed by atoms with van der Waals surface area (Å²) >= 11 is 0. The molecule has 0 atom stereocenters. The predicted octanol–water partition coefficient (Wildman–Crippen LogP) is 2.37. The van der Waals surface area contributed by atoms with Gasteiger partial charge in [0.15, 0.2) is 0 Å². The van der Waals surface area contributed by atoms with Crippen molar-refractivity contribution in [1.82, 2.24) is 10.1 Å². The van der Waals surface area contributed by atoms with Crippen LogP contribution in [-0.4, -0.2) is 22.6 Å². The summed E-state index contributed by atoms with van der Waals surface area (Å²) in [5.74, 6) is 0.0464. The molecule has 0 spiro atoms. The van der Waals surface area contributed by atoms with Crippen LogP contribution in [0.4, 0.5) is 11.6 Å². The van der Waals surface area contributed by atoms with Crippen LogP contribution >= 0.6 is 0 Å². The van der Waals surface area contributed by atoms with E-state index in [0.29, 0.717) is 17.1 Å². The maximum absolute atomic E-state index is 12.2. The highest BCUT2D eigenvalue weighted by molar-refractivity contribution is 6.07. The maximum Gasteiger partial charge on any atom is 0.261 e. The standard InChI is InChI=1S/C13H16N4O2/c1-4-14-11-5-8(2)15-7-10(11)13(18)16-12-6-9(3)17-19-12/h5-7H,4H2,1-3H3,(H,14,15)(H,16,18). The highest BCUT2D eigenvalue weighted by atomic mass is 16.5. The van der Waals surface area contributed by atoms with Gasteiger partial charge >= 0.3 is 0 Å². The van der Waals surface area contributed by atoms with Crippen LogP contribution in [0, 0.1) is 13.8 Å². The Hall–Kier alpha value is -2.37. The van der Waals surface area contributed by atoms with Gasteiger partial charge in [0.25, 0.3) is 5.91 Å². The second-order valence-electron chi connectivity index (χ2n) is 4.19. The lowest BCUT2D eigenvalue weighted by atomic mass is 10.2. The average Bonchev–Trinajstić information content (AvgIpc) is 2.75. The Balaban J connectivity index is 2.23. The second kappa shape index (κ2) is 5.51. The lowest BCUT2D eigenvalue weighted by Gasteiger charge is -2.10. The molecule has 6 heteroatoms. The van der Waals surface area contributed by atoms with E-state index in [4.69, 9.17) is 4.52 Å². The molecule has 19 heavy (non-hydrogen) atoms. The van der Waals surface area contributed by atoms with Crippen molar-refractivity contribution >= 4 is 17.5 Å². The van der Waals surface area contributed by atoms with E-state index in [1.807, 2.05) is 19.9 Å². The maximum atomic E-state index is 12.2. The molecule has 2 heterocycles. The minimum absolute atomic E-state index is 0.278. The number of hydrogen-bond donors (Lipinski definition) is 2. The number of aromatic nitrogens is 2. The van der Waals surface area contributed by atoms with Crippen molar-refractivity contribution in [1.29, 1.82) is 0 Å². The van der Waals surface area contributed by atoms with Crippen molar-refractivity contribution in [2.24, 2.45) is 0 Å². The fourth-order valence-corrected chi connectivity index (χ4v) is 1.68. The van der Waals surface area contributed by atoms with Gasteiger partial charge in [-0.1, -0.05) is 5.16 Å². The van der Waals surface area contributed by atoms with E-state index in [2.05, 4.69) is 20.8 Å². The highest BCUT2D eigenvalue weighted by Crippen LogP contribution is 2.18. The fourth-order valence-electron chi connectivity index (χ4n) is 1.68.